The van der Waals surface area contributed by atoms with Crippen LogP contribution in [0.2, 0.25) is 0 Å². The third kappa shape index (κ3) is 7.79. The third-order valence-electron chi connectivity index (χ3n) is 8.20. The van der Waals surface area contributed by atoms with Gasteiger partial charge in [0.2, 0.25) is 5.95 Å². The summed E-state index contributed by atoms with van der Waals surface area (Å²) in [6, 6.07) is 12.9. The van der Waals surface area contributed by atoms with Crippen molar-refractivity contribution in [2.24, 2.45) is 0 Å². The van der Waals surface area contributed by atoms with Gasteiger partial charge in [-0.25, -0.2) is 19.3 Å². The maximum absolute atomic E-state index is 15.1. The zero-order valence-electron chi connectivity index (χ0n) is 25.8. The highest BCUT2D eigenvalue weighted by Crippen LogP contribution is 2.41. The number of thioether (sulfide) groups is 1. The summed E-state index contributed by atoms with van der Waals surface area (Å²) in [7, 11) is 3.26. The number of aromatic nitrogens is 3. The fourth-order valence-corrected chi connectivity index (χ4v) is 6.90. The highest BCUT2D eigenvalue weighted by Gasteiger charge is 2.24. The number of likely N-dealkylation sites (tertiary alicyclic amines) is 1. The van der Waals surface area contributed by atoms with Gasteiger partial charge in [-0.2, -0.15) is 11.8 Å². The smallest absolute Gasteiger partial charge is 0.227 e. The molecule has 0 amide bonds. The lowest BCUT2D eigenvalue weighted by Crippen LogP contribution is -2.39. The summed E-state index contributed by atoms with van der Waals surface area (Å²) in [5.41, 5.74) is 2.87. The van der Waals surface area contributed by atoms with Crippen LogP contribution in [-0.2, 0) is 0 Å². The summed E-state index contributed by atoms with van der Waals surface area (Å²) in [4.78, 5) is 17.5. The molecule has 0 unspecified atom stereocenters. The quantitative estimate of drug-likeness (QED) is 0.153. The van der Waals surface area contributed by atoms with Crippen molar-refractivity contribution in [1.82, 2.24) is 19.9 Å². The van der Waals surface area contributed by atoms with Crippen LogP contribution in [0.3, 0.4) is 0 Å². The monoisotopic (exact) mass is 650 g/mol. The van der Waals surface area contributed by atoms with Crippen LogP contribution in [-0.4, -0.2) is 77.9 Å². The van der Waals surface area contributed by atoms with Crippen molar-refractivity contribution in [1.29, 1.82) is 0 Å². The number of rotatable bonds is 13. The Labute approximate surface area is 271 Å². The van der Waals surface area contributed by atoms with Gasteiger partial charge in [0.05, 0.1) is 30.5 Å². The number of benzene rings is 2. The number of anilines is 3. The van der Waals surface area contributed by atoms with E-state index in [9.17, 15) is 0 Å². The number of hydrogen-bond acceptors (Lipinski definition) is 11. The second kappa shape index (κ2) is 14.7. The van der Waals surface area contributed by atoms with Crippen LogP contribution < -0.4 is 24.8 Å². The van der Waals surface area contributed by atoms with Gasteiger partial charge in [-0.1, -0.05) is 11.3 Å². The molecule has 12 heteroatoms. The highest BCUT2D eigenvalue weighted by molar-refractivity contribution is 7.98. The van der Waals surface area contributed by atoms with E-state index in [2.05, 4.69) is 26.8 Å². The van der Waals surface area contributed by atoms with E-state index in [0.29, 0.717) is 34.9 Å². The topological polar surface area (TPSA) is 93.7 Å². The van der Waals surface area contributed by atoms with Crippen LogP contribution in [0.1, 0.15) is 32.1 Å². The van der Waals surface area contributed by atoms with Crippen LogP contribution in [0.4, 0.5) is 21.2 Å². The minimum absolute atomic E-state index is 0.0191. The third-order valence-corrected chi connectivity index (χ3v) is 9.80. The number of ether oxygens (including phenoxy) is 3. The van der Waals surface area contributed by atoms with E-state index in [1.54, 1.807) is 43.9 Å². The number of thiazole rings is 1. The maximum Gasteiger partial charge on any atom is 0.227 e. The van der Waals surface area contributed by atoms with Crippen molar-refractivity contribution >= 4 is 39.9 Å². The predicted molar refractivity (Wildman–Crippen MR) is 181 cm³/mol. The van der Waals surface area contributed by atoms with Gasteiger partial charge in [0.15, 0.2) is 16.7 Å². The Morgan fingerprint density at radius 1 is 1.00 bits per heavy atom. The van der Waals surface area contributed by atoms with Gasteiger partial charge in [0.25, 0.3) is 0 Å². The first-order chi connectivity index (χ1) is 22.0. The fourth-order valence-electron chi connectivity index (χ4n) is 5.42. The Hall–Kier alpha value is -3.61. The van der Waals surface area contributed by atoms with E-state index in [0.717, 1.165) is 72.3 Å². The van der Waals surface area contributed by atoms with E-state index in [-0.39, 0.29) is 11.9 Å². The molecule has 238 valence electrons. The molecule has 0 spiro atoms. The number of nitrogens with one attached hydrogen (secondary N) is 2. The zero-order chi connectivity index (χ0) is 31.2. The maximum atomic E-state index is 15.1. The molecule has 6 rings (SSSR count). The molecule has 4 aromatic rings. The molecule has 1 saturated carbocycles. The van der Waals surface area contributed by atoms with E-state index in [1.165, 1.54) is 12.5 Å². The van der Waals surface area contributed by atoms with Gasteiger partial charge in [-0.15, -0.1) is 0 Å². The summed E-state index contributed by atoms with van der Waals surface area (Å²) >= 11 is 3.41. The summed E-state index contributed by atoms with van der Waals surface area (Å²) in [6.07, 6.45) is 9.13. The van der Waals surface area contributed by atoms with Crippen LogP contribution in [0, 0.1) is 5.82 Å². The van der Waals surface area contributed by atoms with Crippen LogP contribution in [0.25, 0.3) is 21.8 Å². The van der Waals surface area contributed by atoms with Crippen molar-refractivity contribution in [2.45, 2.75) is 44.2 Å². The Bertz CT molecular complexity index is 1570. The number of halogens is 1. The predicted octanol–water partition coefficient (Wildman–Crippen LogP) is 7.34. The molecule has 2 aromatic heterocycles. The molecule has 2 N–H and O–H groups in total. The average Bonchev–Trinajstić information content (AvgIpc) is 3.48. The summed E-state index contributed by atoms with van der Waals surface area (Å²) in [5, 5.41) is 7.57. The van der Waals surface area contributed by atoms with E-state index in [4.69, 9.17) is 24.2 Å². The first-order valence-electron chi connectivity index (χ1n) is 15.3. The minimum Gasteiger partial charge on any atom is -0.497 e. The molecule has 2 fully saturated rings. The largest absolute Gasteiger partial charge is 0.497 e. The molecule has 0 atom stereocenters. The van der Waals surface area contributed by atoms with Crippen molar-refractivity contribution in [3.8, 4) is 39.1 Å². The zero-order valence-corrected chi connectivity index (χ0v) is 27.5. The Balaban J connectivity index is 1.20. The average molecular weight is 651 g/mol. The number of piperidine rings is 1. The molecule has 0 bridgehead atoms. The van der Waals surface area contributed by atoms with Crippen LogP contribution >= 0.6 is 23.1 Å². The van der Waals surface area contributed by atoms with Crippen LogP contribution in [0.5, 0.6) is 17.2 Å². The molecular weight excluding hydrogens is 612 g/mol. The minimum atomic E-state index is -0.413. The molecule has 1 aliphatic heterocycles. The fraction of sp³-hybridized carbons (Fsp3) is 0.424. The number of hydrogen-bond donors (Lipinski definition) is 2. The van der Waals surface area contributed by atoms with Gasteiger partial charge >= 0.3 is 0 Å². The molecule has 1 aliphatic carbocycles. The molecule has 9 nitrogen and oxygen atoms in total. The molecule has 2 aromatic carbocycles. The van der Waals surface area contributed by atoms with Crippen molar-refractivity contribution < 1.29 is 18.6 Å². The lowest BCUT2D eigenvalue weighted by molar-refractivity contribution is 0.101. The Kier molecular flexibility index (Phi) is 10.2. The molecule has 0 radical (unpaired) electrons. The second-order valence-electron chi connectivity index (χ2n) is 11.3. The van der Waals surface area contributed by atoms with E-state index in [1.807, 2.05) is 36.0 Å². The van der Waals surface area contributed by atoms with E-state index >= 15 is 4.39 Å². The molecule has 3 heterocycles. The van der Waals surface area contributed by atoms with Crippen LogP contribution in [0.15, 0.2) is 48.7 Å². The van der Waals surface area contributed by atoms with Gasteiger partial charge in [-0.05, 0) is 68.7 Å². The Morgan fingerprint density at radius 3 is 2.44 bits per heavy atom. The summed E-state index contributed by atoms with van der Waals surface area (Å²) < 4.78 is 32.3. The standard InChI is InChI=1S/C33H39FN6O3S2/c1-41-25-17-21(18-26(20-25)42-2)30-31(45-33(39-30)37-22-5-4-6-22)28-9-12-35-32(38-28)36-23-7-8-29(27(34)19-23)43-24-10-13-40(14-11-24)15-16-44-3/h7-9,12,17-20,22,24H,4-6,10-11,13-16H2,1-3H3,(H,37,39)(H,35,36,38). The highest BCUT2D eigenvalue weighted by atomic mass is 32.2. The molecule has 45 heavy (non-hydrogen) atoms. The molecule has 2 aliphatic rings. The SMILES string of the molecule is COc1cc(OC)cc(-c2nc(NC3CCC3)sc2-c2ccnc(Nc3ccc(OC4CCN(CCSC)CC4)c(F)c3)n2)c1. The van der Waals surface area contributed by atoms with Gasteiger partial charge < -0.3 is 29.7 Å². The van der Waals surface area contributed by atoms with Gasteiger partial charge in [0.1, 0.15) is 17.6 Å². The second-order valence-corrected chi connectivity index (χ2v) is 13.2. The number of nitrogens with zero attached hydrogens (tertiary/aromatic N) is 4. The normalized spacial score (nSPS) is 15.8. The molecular formula is C33H39FN6O3S2. The van der Waals surface area contributed by atoms with Crippen molar-refractivity contribution in [3.63, 3.8) is 0 Å². The first kappa shape index (κ1) is 31.4. The summed E-state index contributed by atoms with van der Waals surface area (Å²) in [6.45, 7) is 3.04. The molecule has 1 saturated heterocycles. The summed E-state index contributed by atoms with van der Waals surface area (Å²) in [5.74, 6) is 2.69. The van der Waals surface area contributed by atoms with Gasteiger partial charge in [0, 0.05) is 61.0 Å². The van der Waals surface area contributed by atoms with Gasteiger partial charge in [-0.3, -0.25) is 0 Å². The van der Waals surface area contributed by atoms with Crippen molar-refractivity contribution in [2.75, 3.05) is 56.5 Å². The number of methoxy groups -OCH3 is 2. The Morgan fingerprint density at radius 2 is 1.78 bits per heavy atom. The van der Waals surface area contributed by atoms with E-state index < -0.39 is 5.82 Å². The lowest BCUT2D eigenvalue weighted by Gasteiger charge is -2.32. The van der Waals surface area contributed by atoms with Crippen molar-refractivity contribution in [3.05, 3.63) is 54.5 Å². The first-order valence-corrected chi connectivity index (χ1v) is 17.5. The lowest BCUT2D eigenvalue weighted by atomic mass is 9.93.